The average Bonchev–Trinajstić information content (AvgIpc) is 3.78. The van der Waals surface area contributed by atoms with E-state index in [2.05, 4.69) is 204 Å². The third-order valence-electron chi connectivity index (χ3n) is 9.84. The van der Waals surface area contributed by atoms with Crippen molar-refractivity contribution in [1.82, 2.24) is 0 Å². The lowest BCUT2D eigenvalue weighted by atomic mass is 10.0. The van der Waals surface area contributed by atoms with Crippen LogP contribution in [0.25, 0.3) is 51.5 Å². The Bertz CT molecular complexity index is 2840. The second kappa shape index (κ2) is 12.8. The van der Waals surface area contributed by atoms with Crippen molar-refractivity contribution in [2.45, 2.75) is 0 Å². The lowest BCUT2D eigenvalue weighted by molar-refractivity contribution is 1.30. The molecule has 2 aromatic heterocycles. The van der Waals surface area contributed by atoms with Crippen molar-refractivity contribution in [2.75, 3.05) is 9.80 Å². The number of anilines is 6. The molecule has 0 atom stereocenters. The molecule has 0 radical (unpaired) electrons. The maximum Gasteiger partial charge on any atom is 0.0554 e. The predicted octanol–water partition coefficient (Wildman–Crippen LogP) is 15.0. The molecule has 0 bridgehead atoms. The summed E-state index contributed by atoms with van der Waals surface area (Å²) in [6, 6.07) is 70.2. The van der Waals surface area contributed by atoms with Crippen LogP contribution in [0.4, 0.5) is 34.1 Å². The predicted molar refractivity (Wildman–Crippen MR) is 227 cm³/mol. The van der Waals surface area contributed by atoms with E-state index >= 15 is 0 Å². The van der Waals surface area contributed by atoms with Gasteiger partial charge in [0, 0.05) is 68.8 Å². The number of thiophene rings is 2. The molecule has 0 aliphatic rings. The summed E-state index contributed by atoms with van der Waals surface area (Å²) in [4.78, 5) is 4.78. The Hall–Kier alpha value is -6.20. The number of hydrogen-bond donors (Lipinski definition) is 0. The minimum absolute atomic E-state index is 1.13. The number of rotatable bonds is 7. The highest BCUT2D eigenvalue weighted by Gasteiger charge is 2.20. The first kappa shape index (κ1) is 30.6. The Balaban J connectivity index is 1.11. The zero-order valence-electron chi connectivity index (χ0n) is 28.2. The summed E-state index contributed by atoms with van der Waals surface area (Å²) in [5, 5.41) is 5.15. The molecule has 0 spiro atoms. The number of benzene rings is 8. The molecule has 52 heavy (non-hydrogen) atoms. The molecule has 4 heteroatoms. The van der Waals surface area contributed by atoms with E-state index in [1.807, 2.05) is 22.7 Å². The van der Waals surface area contributed by atoms with Crippen molar-refractivity contribution in [2.24, 2.45) is 0 Å². The van der Waals surface area contributed by atoms with Crippen LogP contribution < -0.4 is 9.80 Å². The summed E-state index contributed by atoms with van der Waals surface area (Å²) in [6.45, 7) is 0. The third-order valence-corrected chi connectivity index (χ3v) is 12.1. The zero-order chi connectivity index (χ0) is 34.4. The van der Waals surface area contributed by atoms with Crippen LogP contribution in [0.15, 0.2) is 194 Å². The van der Waals surface area contributed by atoms with Crippen molar-refractivity contribution in [3.63, 3.8) is 0 Å². The van der Waals surface area contributed by atoms with Crippen LogP contribution in [0.3, 0.4) is 0 Å². The summed E-state index contributed by atoms with van der Waals surface area (Å²) >= 11 is 3.72. The molecule has 10 aromatic rings. The van der Waals surface area contributed by atoms with Crippen LogP contribution >= 0.6 is 22.7 Å². The van der Waals surface area contributed by atoms with Crippen LogP contribution in [0, 0.1) is 0 Å². The van der Waals surface area contributed by atoms with Gasteiger partial charge in [-0.3, -0.25) is 0 Å². The molecule has 8 aromatic carbocycles. The van der Waals surface area contributed by atoms with Gasteiger partial charge in [-0.05, 0) is 90.0 Å². The van der Waals surface area contributed by atoms with Crippen molar-refractivity contribution in [1.29, 1.82) is 0 Å². The van der Waals surface area contributed by atoms with Gasteiger partial charge < -0.3 is 9.80 Å². The van der Waals surface area contributed by atoms with Crippen LogP contribution in [0.2, 0.25) is 0 Å². The van der Waals surface area contributed by atoms with E-state index in [0.29, 0.717) is 0 Å². The van der Waals surface area contributed by atoms with E-state index in [4.69, 9.17) is 0 Å². The summed E-state index contributed by atoms with van der Waals surface area (Å²) in [7, 11) is 0. The molecule has 0 saturated heterocycles. The van der Waals surface area contributed by atoms with Gasteiger partial charge in [0.15, 0.2) is 0 Å². The van der Waals surface area contributed by atoms with Crippen molar-refractivity contribution >= 4 is 97.1 Å². The van der Waals surface area contributed by atoms with E-state index in [-0.39, 0.29) is 0 Å². The van der Waals surface area contributed by atoms with E-state index in [1.165, 1.54) is 57.2 Å². The fraction of sp³-hybridized carbons (Fsp3) is 0. The van der Waals surface area contributed by atoms with Gasteiger partial charge in [0.1, 0.15) is 0 Å². The van der Waals surface area contributed by atoms with E-state index in [1.54, 1.807) is 0 Å². The highest BCUT2D eigenvalue weighted by atomic mass is 32.1. The Morgan fingerprint density at radius 1 is 0.288 bits per heavy atom. The fourth-order valence-corrected chi connectivity index (χ4v) is 9.74. The molecule has 0 saturated carbocycles. The Kier molecular flexibility index (Phi) is 7.56. The summed E-state index contributed by atoms with van der Waals surface area (Å²) in [5.41, 5.74) is 9.29. The van der Waals surface area contributed by atoms with Crippen molar-refractivity contribution in [3.05, 3.63) is 194 Å². The number of fused-ring (bicyclic) bond motifs is 6. The Morgan fingerprint density at radius 3 is 1.48 bits per heavy atom. The third kappa shape index (κ3) is 5.32. The first-order valence-electron chi connectivity index (χ1n) is 17.5. The molecule has 10 rings (SSSR count). The lowest BCUT2D eigenvalue weighted by Gasteiger charge is -2.27. The Morgan fingerprint density at radius 2 is 0.769 bits per heavy atom. The maximum absolute atomic E-state index is 2.40. The number of hydrogen-bond acceptors (Lipinski definition) is 4. The van der Waals surface area contributed by atoms with Crippen LogP contribution in [0.1, 0.15) is 0 Å². The van der Waals surface area contributed by atoms with Crippen LogP contribution in [-0.2, 0) is 0 Å². The van der Waals surface area contributed by atoms with Gasteiger partial charge in [-0.15, -0.1) is 22.7 Å². The number of nitrogens with zero attached hydrogens (tertiary/aromatic N) is 2. The van der Waals surface area contributed by atoms with Gasteiger partial charge >= 0.3 is 0 Å². The lowest BCUT2D eigenvalue weighted by Crippen LogP contribution is -2.10. The molecule has 2 nitrogen and oxygen atoms in total. The monoisotopic (exact) mass is 700 g/mol. The molecule has 0 N–H and O–H groups in total. The normalized spacial score (nSPS) is 11.5. The van der Waals surface area contributed by atoms with Crippen LogP contribution in [-0.4, -0.2) is 0 Å². The standard InChI is InChI=1S/C48H32N2S2/c1-4-13-33(14-5-1)34-23-25-37(26-24-34)50(36-17-8-3-9-18-36)43-20-12-22-45-48(43)42-30-28-39(32-47(42)52-45)49(35-15-6-2-7-16-35)38-27-29-41-40-19-10-11-21-44(40)51-46(41)31-38/h1-32H. The molecule has 0 aliphatic carbocycles. The van der Waals surface area contributed by atoms with Crippen molar-refractivity contribution in [3.8, 4) is 11.1 Å². The number of para-hydroxylation sites is 2. The quantitative estimate of drug-likeness (QED) is 0.163. The first-order valence-corrected chi connectivity index (χ1v) is 19.1. The molecule has 0 aliphatic heterocycles. The zero-order valence-corrected chi connectivity index (χ0v) is 29.8. The largest absolute Gasteiger partial charge is 0.310 e. The molecular weight excluding hydrogens is 669 g/mol. The van der Waals surface area contributed by atoms with Gasteiger partial charge in [0.2, 0.25) is 0 Å². The fourth-order valence-electron chi connectivity index (χ4n) is 7.44. The second-order valence-electron chi connectivity index (χ2n) is 13.0. The molecule has 0 amide bonds. The van der Waals surface area contributed by atoms with E-state index < -0.39 is 0 Å². The van der Waals surface area contributed by atoms with Gasteiger partial charge in [-0.25, -0.2) is 0 Å². The first-order chi connectivity index (χ1) is 25.8. The SMILES string of the molecule is c1ccc(-c2ccc(N(c3ccccc3)c3cccc4sc5cc(N(c6ccccc6)c6ccc7c(c6)sc6ccccc67)ccc5c34)cc2)cc1. The highest BCUT2D eigenvalue weighted by molar-refractivity contribution is 7.26. The molecule has 0 unspecified atom stereocenters. The smallest absolute Gasteiger partial charge is 0.0554 e. The molecular formula is C48H32N2S2. The summed E-state index contributed by atoms with van der Waals surface area (Å²) < 4.78 is 5.14. The van der Waals surface area contributed by atoms with Gasteiger partial charge in [-0.1, -0.05) is 115 Å². The van der Waals surface area contributed by atoms with Crippen molar-refractivity contribution < 1.29 is 0 Å². The van der Waals surface area contributed by atoms with Crippen LogP contribution in [0.5, 0.6) is 0 Å². The molecule has 0 fully saturated rings. The minimum Gasteiger partial charge on any atom is -0.310 e. The van der Waals surface area contributed by atoms with E-state index in [9.17, 15) is 0 Å². The topological polar surface area (TPSA) is 6.48 Å². The van der Waals surface area contributed by atoms with E-state index in [0.717, 1.165) is 28.4 Å². The second-order valence-corrected chi connectivity index (χ2v) is 15.1. The minimum atomic E-state index is 1.13. The Labute approximate surface area is 310 Å². The molecule has 246 valence electrons. The highest BCUT2D eigenvalue weighted by Crippen LogP contribution is 2.47. The van der Waals surface area contributed by atoms with Gasteiger partial charge in [0.25, 0.3) is 0 Å². The summed E-state index contributed by atoms with van der Waals surface area (Å²) in [6.07, 6.45) is 0. The van der Waals surface area contributed by atoms with Gasteiger partial charge in [-0.2, -0.15) is 0 Å². The van der Waals surface area contributed by atoms with Gasteiger partial charge in [0.05, 0.1) is 5.69 Å². The average molecular weight is 701 g/mol. The maximum atomic E-state index is 2.40. The molecule has 2 heterocycles. The summed E-state index contributed by atoms with van der Waals surface area (Å²) in [5.74, 6) is 0.